The Kier molecular flexibility index (Phi) is 7.12. The zero-order valence-corrected chi connectivity index (χ0v) is 17.9. The molecular weight excluding hydrogens is 358 g/mol. The fraction of sp³-hybridized carbons (Fsp3) is 0.320. The third-order valence-corrected chi connectivity index (χ3v) is 5.30. The summed E-state index contributed by atoms with van der Waals surface area (Å²) >= 11 is 0. The number of anilines is 1. The lowest BCUT2D eigenvalue weighted by Crippen LogP contribution is -2.21. The first-order valence-corrected chi connectivity index (χ1v) is 10.3. The van der Waals surface area contributed by atoms with E-state index in [2.05, 4.69) is 84.6 Å². The summed E-state index contributed by atoms with van der Waals surface area (Å²) in [5.74, 6) is 0.876. The number of rotatable bonds is 8. The number of allylic oxidation sites excluding steroid dienone is 1. The van der Waals surface area contributed by atoms with Gasteiger partial charge in [0.1, 0.15) is 5.75 Å². The van der Waals surface area contributed by atoms with Gasteiger partial charge in [0.15, 0.2) is 0 Å². The van der Waals surface area contributed by atoms with Gasteiger partial charge in [-0.2, -0.15) is 5.10 Å². The number of hydrogen-bond acceptors (Lipinski definition) is 4. The Morgan fingerprint density at radius 2 is 1.59 bits per heavy atom. The van der Waals surface area contributed by atoms with Crippen LogP contribution in [0.1, 0.15) is 31.4 Å². The Hall–Kier alpha value is -3.01. The van der Waals surface area contributed by atoms with Crippen LogP contribution in [0.15, 0.2) is 65.8 Å². The van der Waals surface area contributed by atoms with E-state index in [0.717, 1.165) is 36.5 Å². The van der Waals surface area contributed by atoms with E-state index in [9.17, 15) is 0 Å². The topological polar surface area (TPSA) is 28.1 Å². The van der Waals surface area contributed by atoms with Crippen LogP contribution in [0.3, 0.4) is 0 Å². The van der Waals surface area contributed by atoms with Crippen LogP contribution in [-0.4, -0.2) is 44.0 Å². The number of hydrogen-bond donors (Lipinski definition) is 0. The molecule has 0 N–H and O–H groups in total. The van der Waals surface area contributed by atoms with E-state index in [0.29, 0.717) is 0 Å². The molecule has 0 saturated heterocycles. The lowest BCUT2D eigenvalue weighted by molar-refractivity contribution is 0.330. The van der Waals surface area contributed by atoms with Crippen molar-refractivity contribution in [3.8, 4) is 5.75 Å². The van der Waals surface area contributed by atoms with E-state index in [1.54, 1.807) is 7.11 Å². The average Bonchev–Trinajstić information content (AvgIpc) is 3.12. The minimum Gasteiger partial charge on any atom is -0.497 e. The molecule has 2 aromatic carbocycles. The van der Waals surface area contributed by atoms with Gasteiger partial charge in [-0.15, -0.1) is 0 Å². The predicted molar refractivity (Wildman–Crippen MR) is 125 cm³/mol. The molecule has 0 saturated carbocycles. The lowest BCUT2D eigenvalue weighted by atomic mass is 10.1. The zero-order chi connectivity index (χ0) is 20.6. The highest BCUT2D eigenvalue weighted by Crippen LogP contribution is 2.20. The Labute approximate surface area is 174 Å². The van der Waals surface area contributed by atoms with Crippen molar-refractivity contribution < 1.29 is 4.74 Å². The Morgan fingerprint density at radius 3 is 2.21 bits per heavy atom. The van der Waals surface area contributed by atoms with E-state index < -0.39 is 0 Å². The highest BCUT2D eigenvalue weighted by Gasteiger charge is 2.19. The van der Waals surface area contributed by atoms with Gasteiger partial charge >= 0.3 is 0 Å². The first-order chi connectivity index (χ1) is 14.1. The molecule has 0 spiro atoms. The van der Waals surface area contributed by atoms with E-state index >= 15 is 0 Å². The molecule has 1 aliphatic rings. The van der Waals surface area contributed by atoms with Crippen LogP contribution in [-0.2, 0) is 0 Å². The van der Waals surface area contributed by atoms with Gasteiger partial charge in [0, 0.05) is 32.2 Å². The molecule has 29 heavy (non-hydrogen) atoms. The Morgan fingerprint density at radius 1 is 0.966 bits per heavy atom. The molecule has 1 atom stereocenters. The first kappa shape index (κ1) is 20.7. The van der Waals surface area contributed by atoms with Crippen LogP contribution in [0.2, 0.25) is 0 Å². The SMILES string of the molecule is CCN(CC)c1ccc(C=CC2=NN(C)C(C=Cc3ccc(OC)cc3)C2)cc1. The highest BCUT2D eigenvalue weighted by molar-refractivity contribution is 5.99. The summed E-state index contributed by atoms with van der Waals surface area (Å²) in [6.45, 7) is 6.43. The van der Waals surface area contributed by atoms with Crippen LogP contribution in [0, 0.1) is 0 Å². The standard InChI is InChI=1S/C25H31N3O/c1-5-28(6-2)23-14-8-20(9-15-23)7-13-22-19-24(27(3)26-22)16-10-21-11-17-25(29-4)18-12-21/h7-18,24H,5-6,19H2,1-4H3. The van der Waals surface area contributed by atoms with Crippen molar-refractivity contribution in [2.24, 2.45) is 5.10 Å². The maximum Gasteiger partial charge on any atom is 0.118 e. The van der Waals surface area contributed by atoms with Crippen LogP contribution in [0.5, 0.6) is 5.75 Å². The molecule has 1 unspecified atom stereocenters. The van der Waals surface area contributed by atoms with Gasteiger partial charge in [-0.05, 0) is 55.3 Å². The van der Waals surface area contributed by atoms with Gasteiger partial charge in [0.2, 0.25) is 0 Å². The number of benzene rings is 2. The summed E-state index contributed by atoms with van der Waals surface area (Å²) in [5, 5.41) is 6.71. The summed E-state index contributed by atoms with van der Waals surface area (Å²) < 4.78 is 5.21. The molecule has 2 aromatic rings. The van der Waals surface area contributed by atoms with Gasteiger partial charge < -0.3 is 9.64 Å². The first-order valence-electron chi connectivity index (χ1n) is 10.3. The monoisotopic (exact) mass is 389 g/mol. The molecule has 1 aliphatic heterocycles. The van der Waals surface area contributed by atoms with Crippen molar-refractivity contribution >= 4 is 23.6 Å². The lowest BCUT2D eigenvalue weighted by Gasteiger charge is -2.20. The van der Waals surface area contributed by atoms with Crippen LogP contribution in [0.4, 0.5) is 5.69 Å². The van der Waals surface area contributed by atoms with Crippen molar-refractivity contribution in [2.45, 2.75) is 26.3 Å². The van der Waals surface area contributed by atoms with Crippen molar-refractivity contribution in [3.63, 3.8) is 0 Å². The van der Waals surface area contributed by atoms with Crippen LogP contribution in [0.25, 0.3) is 12.2 Å². The Balaban J connectivity index is 1.58. The fourth-order valence-electron chi connectivity index (χ4n) is 3.47. The summed E-state index contributed by atoms with van der Waals surface area (Å²) in [6, 6.07) is 17.1. The summed E-state index contributed by atoms with van der Waals surface area (Å²) in [7, 11) is 3.72. The maximum atomic E-state index is 5.21. The zero-order valence-electron chi connectivity index (χ0n) is 17.9. The molecule has 0 fully saturated rings. The van der Waals surface area contributed by atoms with E-state index in [4.69, 9.17) is 4.74 Å². The number of ether oxygens (including phenoxy) is 1. The smallest absolute Gasteiger partial charge is 0.118 e. The van der Waals surface area contributed by atoms with Gasteiger partial charge in [0.25, 0.3) is 0 Å². The second kappa shape index (κ2) is 9.97. The molecule has 152 valence electrons. The highest BCUT2D eigenvalue weighted by atomic mass is 16.5. The van der Waals surface area contributed by atoms with Crippen molar-refractivity contribution in [3.05, 3.63) is 71.8 Å². The van der Waals surface area contributed by atoms with Gasteiger partial charge in [-0.25, -0.2) is 0 Å². The van der Waals surface area contributed by atoms with Crippen LogP contribution < -0.4 is 9.64 Å². The molecule has 0 amide bonds. The second-order valence-electron chi connectivity index (χ2n) is 7.17. The maximum absolute atomic E-state index is 5.21. The molecule has 1 heterocycles. The molecule has 0 aliphatic carbocycles. The molecule has 0 radical (unpaired) electrons. The summed E-state index contributed by atoms with van der Waals surface area (Å²) in [5.41, 5.74) is 4.73. The fourth-order valence-corrected chi connectivity index (χ4v) is 3.47. The molecule has 4 heteroatoms. The molecule has 4 nitrogen and oxygen atoms in total. The normalized spacial score (nSPS) is 16.6. The predicted octanol–water partition coefficient (Wildman–Crippen LogP) is 5.33. The largest absolute Gasteiger partial charge is 0.497 e. The summed E-state index contributed by atoms with van der Waals surface area (Å²) in [4.78, 5) is 2.35. The quantitative estimate of drug-likeness (QED) is 0.611. The van der Waals surface area contributed by atoms with Crippen molar-refractivity contribution in [2.75, 3.05) is 32.1 Å². The number of nitrogens with zero attached hydrogens (tertiary/aromatic N) is 3. The number of methoxy groups -OCH3 is 1. The minimum absolute atomic E-state index is 0.279. The summed E-state index contributed by atoms with van der Waals surface area (Å²) in [6.07, 6.45) is 9.55. The van der Waals surface area contributed by atoms with E-state index in [-0.39, 0.29) is 6.04 Å². The third kappa shape index (κ3) is 5.50. The van der Waals surface area contributed by atoms with Gasteiger partial charge in [-0.1, -0.05) is 42.5 Å². The third-order valence-electron chi connectivity index (χ3n) is 5.30. The minimum atomic E-state index is 0.279. The van der Waals surface area contributed by atoms with E-state index in [1.807, 2.05) is 24.2 Å². The van der Waals surface area contributed by atoms with Gasteiger partial charge in [0.05, 0.1) is 18.9 Å². The average molecular weight is 390 g/mol. The van der Waals surface area contributed by atoms with Crippen molar-refractivity contribution in [1.29, 1.82) is 0 Å². The molecular formula is C25H31N3O. The number of likely N-dealkylation sites (N-methyl/N-ethyl adjacent to an activating group) is 1. The Bertz CT molecular complexity index is 862. The van der Waals surface area contributed by atoms with Crippen molar-refractivity contribution in [1.82, 2.24) is 5.01 Å². The molecule has 3 rings (SSSR count). The van der Waals surface area contributed by atoms with E-state index in [1.165, 1.54) is 11.3 Å². The molecule has 0 aromatic heterocycles. The second-order valence-corrected chi connectivity index (χ2v) is 7.17. The number of hydrazone groups is 1. The van der Waals surface area contributed by atoms with Gasteiger partial charge in [-0.3, -0.25) is 5.01 Å². The molecule has 0 bridgehead atoms. The van der Waals surface area contributed by atoms with Crippen LogP contribution >= 0.6 is 0 Å².